The van der Waals surface area contributed by atoms with Gasteiger partial charge in [-0.1, -0.05) is 6.92 Å². The maximum Gasteiger partial charge on any atom is 0.266 e. The number of amides is 2. The smallest absolute Gasteiger partial charge is 0.266 e. The lowest BCUT2D eigenvalue weighted by Crippen LogP contribution is -2.43. The minimum atomic E-state index is -0.499. The zero-order valence-electron chi connectivity index (χ0n) is 12.3. The third-order valence-electron chi connectivity index (χ3n) is 3.94. The summed E-state index contributed by atoms with van der Waals surface area (Å²) in [5.74, 6) is 0.200. The predicted octanol–water partition coefficient (Wildman–Crippen LogP) is 0.172. The number of hydrogen-bond acceptors (Lipinski definition) is 4. The van der Waals surface area contributed by atoms with Crippen molar-refractivity contribution < 1.29 is 9.59 Å². The summed E-state index contributed by atoms with van der Waals surface area (Å²) >= 11 is 0. The van der Waals surface area contributed by atoms with Gasteiger partial charge in [-0.15, -0.1) is 0 Å². The second-order valence-corrected chi connectivity index (χ2v) is 5.25. The Morgan fingerprint density at radius 1 is 1.41 bits per heavy atom. The van der Waals surface area contributed by atoms with Gasteiger partial charge in [-0.25, -0.2) is 4.98 Å². The summed E-state index contributed by atoms with van der Waals surface area (Å²) in [5, 5.41) is 4.16. The van der Waals surface area contributed by atoms with Crippen molar-refractivity contribution in [1.29, 1.82) is 0 Å². The average Bonchev–Trinajstić information content (AvgIpc) is 3.16. The van der Waals surface area contributed by atoms with Crippen molar-refractivity contribution >= 4 is 11.8 Å². The molecule has 0 saturated carbocycles. The summed E-state index contributed by atoms with van der Waals surface area (Å²) in [5.41, 5.74) is 5.71. The first-order chi connectivity index (χ1) is 10.6. The van der Waals surface area contributed by atoms with Crippen molar-refractivity contribution in [3.8, 4) is 0 Å². The third-order valence-corrected chi connectivity index (χ3v) is 3.94. The maximum atomic E-state index is 12.7. The van der Waals surface area contributed by atoms with Crippen molar-refractivity contribution in [2.24, 2.45) is 5.73 Å². The van der Waals surface area contributed by atoms with Crippen molar-refractivity contribution in [2.45, 2.75) is 32.5 Å². The van der Waals surface area contributed by atoms with Gasteiger partial charge in [0.25, 0.3) is 5.91 Å². The Bertz CT molecular complexity index is 690. The molecule has 1 aliphatic rings. The minimum absolute atomic E-state index is 0.0149. The highest BCUT2D eigenvalue weighted by Crippen LogP contribution is 2.19. The molecule has 0 saturated heterocycles. The maximum absolute atomic E-state index is 12.7. The molecule has 116 valence electrons. The Morgan fingerprint density at radius 3 is 2.86 bits per heavy atom. The van der Waals surface area contributed by atoms with Crippen LogP contribution < -0.4 is 5.73 Å². The van der Waals surface area contributed by atoms with Crippen LogP contribution in [0.15, 0.2) is 24.7 Å². The van der Waals surface area contributed by atoms with E-state index in [1.165, 1.54) is 6.20 Å². The lowest BCUT2D eigenvalue weighted by molar-refractivity contribution is -0.136. The minimum Gasteiger partial charge on any atom is -0.364 e. The van der Waals surface area contributed by atoms with Crippen LogP contribution in [-0.2, 0) is 17.9 Å². The molecule has 0 aliphatic carbocycles. The molecular formula is C14H18N6O2. The predicted molar refractivity (Wildman–Crippen MR) is 77.7 cm³/mol. The lowest BCUT2D eigenvalue weighted by Gasteiger charge is -2.31. The first-order valence-electron chi connectivity index (χ1n) is 7.24. The number of hydrogen-bond donors (Lipinski definition) is 1. The second kappa shape index (κ2) is 5.63. The summed E-state index contributed by atoms with van der Waals surface area (Å²) in [6.45, 7) is 3.39. The Labute approximate surface area is 127 Å². The normalized spacial score (nSPS) is 15.4. The largest absolute Gasteiger partial charge is 0.364 e. The summed E-state index contributed by atoms with van der Waals surface area (Å²) in [6.07, 6.45) is 5.59. The molecule has 1 unspecified atom stereocenters. The highest BCUT2D eigenvalue weighted by molar-refractivity contribution is 5.91. The standard InChI is InChI=1S/C14H18N6O2/c1-2-10(20-5-3-4-17-20)14(22)18-6-7-19-11(13(15)21)8-16-12(19)9-18/h3-5,8,10H,2,6-7,9H2,1H3,(H2,15,21). The SMILES string of the molecule is CCC(C(=O)N1CCn2c(C(N)=O)cnc2C1)n1cccn1. The van der Waals surface area contributed by atoms with E-state index in [0.717, 1.165) is 0 Å². The van der Waals surface area contributed by atoms with Crippen molar-refractivity contribution in [2.75, 3.05) is 6.54 Å². The van der Waals surface area contributed by atoms with Crippen molar-refractivity contribution in [3.05, 3.63) is 36.2 Å². The van der Waals surface area contributed by atoms with Crippen molar-refractivity contribution in [1.82, 2.24) is 24.2 Å². The number of carbonyl (C=O) groups excluding carboxylic acids is 2. The number of imidazole rings is 1. The van der Waals surface area contributed by atoms with Crippen LogP contribution in [0.25, 0.3) is 0 Å². The average molecular weight is 302 g/mol. The van der Waals surface area contributed by atoms with Gasteiger partial charge in [-0.05, 0) is 12.5 Å². The Balaban J connectivity index is 1.79. The summed E-state index contributed by atoms with van der Waals surface area (Å²) in [6, 6.07) is 1.49. The molecule has 2 aromatic heterocycles. The number of carbonyl (C=O) groups is 2. The molecular weight excluding hydrogens is 284 g/mol. The fourth-order valence-corrected chi connectivity index (χ4v) is 2.80. The molecule has 3 heterocycles. The van der Waals surface area contributed by atoms with E-state index in [-0.39, 0.29) is 11.9 Å². The van der Waals surface area contributed by atoms with Crippen LogP contribution in [0.2, 0.25) is 0 Å². The molecule has 22 heavy (non-hydrogen) atoms. The van der Waals surface area contributed by atoms with Gasteiger partial charge in [0.15, 0.2) is 0 Å². The molecule has 8 nitrogen and oxygen atoms in total. The van der Waals surface area contributed by atoms with Gasteiger partial charge in [0, 0.05) is 25.5 Å². The summed E-state index contributed by atoms with van der Waals surface area (Å²) < 4.78 is 3.46. The molecule has 1 aliphatic heterocycles. The fourth-order valence-electron chi connectivity index (χ4n) is 2.80. The quantitative estimate of drug-likeness (QED) is 0.870. The lowest BCUT2D eigenvalue weighted by atomic mass is 10.2. The zero-order valence-corrected chi connectivity index (χ0v) is 12.3. The van der Waals surface area contributed by atoms with Gasteiger partial charge in [0.2, 0.25) is 5.91 Å². The number of rotatable bonds is 4. The van der Waals surface area contributed by atoms with Crippen LogP contribution >= 0.6 is 0 Å². The first-order valence-corrected chi connectivity index (χ1v) is 7.24. The van der Waals surface area contributed by atoms with Gasteiger partial charge < -0.3 is 15.2 Å². The van der Waals surface area contributed by atoms with E-state index in [2.05, 4.69) is 10.1 Å². The van der Waals surface area contributed by atoms with Gasteiger partial charge in [-0.3, -0.25) is 14.3 Å². The summed E-state index contributed by atoms with van der Waals surface area (Å²) in [7, 11) is 0. The van der Waals surface area contributed by atoms with Crippen LogP contribution in [0.4, 0.5) is 0 Å². The molecule has 3 rings (SSSR count). The first kappa shape index (κ1) is 14.3. The van der Waals surface area contributed by atoms with Gasteiger partial charge in [0.1, 0.15) is 17.6 Å². The monoisotopic (exact) mass is 302 g/mol. The zero-order chi connectivity index (χ0) is 15.7. The molecule has 0 bridgehead atoms. The van der Waals surface area contributed by atoms with E-state index in [4.69, 9.17) is 5.73 Å². The van der Waals surface area contributed by atoms with E-state index >= 15 is 0 Å². The molecule has 2 N–H and O–H groups in total. The number of fused-ring (bicyclic) bond motifs is 1. The van der Waals surface area contributed by atoms with Gasteiger partial charge in [-0.2, -0.15) is 5.10 Å². The van der Waals surface area contributed by atoms with E-state index in [1.807, 2.05) is 6.92 Å². The molecule has 0 spiro atoms. The van der Waals surface area contributed by atoms with E-state index in [1.54, 1.807) is 32.6 Å². The van der Waals surface area contributed by atoms with Crippen LogP contribution in [0.1, 0.15) is 35.7 Å². The Kier molecular flexibility index (Phi) is 3.66. The second-order valence-electron chi connectivity index (χ2n) is 5.25. The van der Waals surface area contributed by atoms with E-state index in [9.17, 15) is 9.59 Å². The van der Waals surface area contributed by atoms with Gasteiger partial charge >= 0.3 is 0 Å². The molecule has 2 aromatic rings. The van der Waals surface area contributed by atoms with E-state index in [0.29, 0.717) is 37.6 Å². The highest BCUT2D eigenvalue weighted by Gasteiger charge is 2.29. The van der Waals surface area contributed by atoms with Crippen LogP contribution in [0, 0.1) is 0 Å². The molecule has 8 heteroatoms. The Hall–Kier alpha value is -2.64. The highest BCUT2D eigenvalue weighted by atomic mass is 16.2. The topological polar surface area (TPSA) is 99.0 Å². The molecule has 0 fully saturated rings. The van der Waals surface area contributed by atoms with Crippen LogP contribution in [0.3, 0.4) is 0 Å². The third kappa shape index (κ3) is 2.36. The van der Waals surface area contributed by atoms with Crippen LogP contribution in [-0.4, -0.2) is 42.6 Å². The number of nitrogens with zero attached hydrogens (tertiary/aromatic N) is 5. The van der Waals surface area contributed by atoms with Crippen LogP contribution in [0.5, 0.6) is 0 Å². The summed E-state index contributed by atoms with van der Waals surface area (Å²) in [4.78, 5) is 30.0. The Morgan fingerprint density at radius 2 is 2.23 bits per heavy atom. The number of nitrogens with two attached hydrogens (primary N) is 1. The molecule has 2 amide bonds. The molecule has 1 atom stereocenters. The fraction of sp³-hybridized carbons (Fsp3) is 0.429. The number of aromatic nitrogens is 4. The van der Waals surface area contributed by atoms with Crippen molar-refractivity contribution in [3.63, 3.8) is 0 Å². The van der Waals surface area contributed by atoms with E-state index < -0.39 is 5.91 Å². The van der Waals surface area contributed by atoms with Gasteiger partial charge in [0.05, 0.1) is 12.7 Å². The molecule has 0 aromatic carbocycles. The number of primary amides is 1. The molecule has 0 radical (unpaired) electrons.